The van der Waals surface area contributed by atoms with Crippen LogP contribution in [-0.2, 0) is 6.54 Å². The molecule has 4 nitrogen and oxygen atoms in total. The van der Waals surface area contributed by atoms with Crippen molar-refractivity contribution in [2.24, 2.45) is 0 Å². The van der Waals surface area contributed by atoms with Gasteiger partial charge < -0.3 is 5.11 Å². The van der Waals surface area contributed by atoms with Crippen LogP contribution in [0.25, 0.3) is 0 Å². The van der Waals surface area contributed by atoms with Crippen LogP contribution in [0.3, 0.4) is 0 Å². The fraction of sp³-hybridized carbons (Fsp3) is 0.231. The lowest BCUT2D eigenvalue weighted by Crippen LogP contribution is -2.01. The molecular weight excluding hydrogens is 252 g/mol. The van der Waals surface area contributed by atoms with Crippen LogP contribution in [0.5, 0.6) is 0 Å². The van der Waals surface area contributed by atoms with E-state index < -0.39 is 5.97 Å². The molecule has 0 fully saturated rings. The summed E-state index contributed by atoms with van der Waals surface area (Å²) in [5, 5.41) is 13.8. The first-order chi connectivity index (χ1) is 8.47. The van der Waals surface area contributed by atoms with Crippen LogP contribution in [0.4, 0.5) is 0 Å². The van der Waals surface area contributed by atoms with E-state index in [9.17, 15) is 4.79 Å². The highest BCUT2D eigenvalue weighted by atomic mass is 35.5. The molecule has 0 aliphatic rings. The molecule has 0 unspecified atom stereocenters. The van der Waals surface area contributed by atoms with Crippen LogP contribution in [0.2, 0.25) is 5.02 Å². The minimum Gasteiger partial charge on any atom is -0.478 e. The molecule has 1 heterocycles. The number of carbonyl (C=O) groups is 1. The molecule has 0 atom stereocenters. The first-order valence-electron chi connectivity index (χ1n) is 5.50. The van der Waals surface area contributed by atoms with Gasteiger partial charge >= 0.3 is 5.97 Å². The molecule has 0 radical (unpaired) electrons. The number of benzene rings is 1. The molecule has 94 valence electrons. The van der Waals surface area contributed by atoms with E-state index in [1.807, 2.05) is 25.1 Å². The minimum absolute atomic E-state index is 0.221. The highest BCUT2D eigenvalue weighted by Gasteiger charge is 2.12. The van der Waals surface area contributed by atoms with Crippen LogP contribution in [0.1, 0.15) is 27.2 Å². The number of carboxylic acid groups (broad SMARTS) is 1. The molecule has 0 bridgehead atoms. The Hall–Kier alpha value is -1.81. The second-order valence-corrected chi connectivity index (χ2v) is 4.63. The Balaban J connectivity index is 2.29. The largest absolute Gasteiger partial charge is 0.478 e. The van der Waals surface area contributed by atoms with Gasteiger partial charge in [-0.25, -0.2) is 4.79 Å². The zero-order chi connectivity index (χ0) is 13.3. The van der Waals surface area contributed by atoms with Gasteiger partial charge in [0.25, 0.3) is 0 Å². The Bertz CT molecular complexity index is 605. The van der Waals surface area contributed by atoms with Gasteiger partial charge in [0, 0.05) is 11.2 Å². The summed E-state index contributed by atoms with van der Waals surface area (Å²) in [6.45, 7) is 4.11. The molecule has 18 heavy (non-hydrogen) atoms. The van der Waals surface area contributed by atoms with Gasteiger partial charge in [0.2, 0.25) is 0 Å². The summed E-state index contributed by atoms with van der Waals surface area (Å²) >= 11 is 6.13. The summed E-state index contributed by atoms with van der Waals surface area (Å²) in [7, 11) is 0. The standard InChI is InChI=1S/C13H13ClN2O2/c1-8-3-4-10(12(14)5-8)6-16-7-11(13(17)18)9(2)15-16/h3-5,7H,6H2,1-2H3,(H,17,18). The van der Waals surface area contributed by atoms with Gasteiger partial charge in [-0.2, -0.15) is 5.10 Å². The van der Waals surface area contributed by atoms with Crippen LogP contribution in [-0.4, -0.2) is 20.9 Å². The smallest absolute Gasteiger partial charge is 0.339 e. The zero-order valence-electron chi connectivity index (χ0n) is 10.1. The average molecular weight is 265 g/mol. The Morgan fingerprint density at radius 2 is 2.17 bits per heavy atom. The summed E-state index contributed by atoms with van der Waals surface area (Å²) in [6, 6.07) is 5.77. The van der Waals surface area contributed by atoms with Crippen molar-refractivity contribution in [3.63, 3.8) is 0 Å². The molecule has 2 rings (SSSR count). The van der Waals surface area contributed by atoms with E-state index in [-0.39, 0.29) is 5.56 Å². The number of aryl methyl sites for hydroxylation is 2. The summed E-state index contributed by atoms with van der Waals surface area (Å²) < 4.78 is 1.59. The van der Waals surface area contributed by atoms with E-state index in [1.54, 1.807) is 11.6 Å². The van der Waals surface area contributed by atoms with E-state index >= 15 is 0 Å². The fourth-order valence-electron chi connectivity index (χ4n) is 1.76. The second-order valence-electron chi connectivity index (χ2n) is 4.23. The Labute approximate surface area is 110 Å². The monoisotopic (exact) mass is 264 g/mol. The molecule has 2 aromatic rings. The van der Waals surface area contributed by atoms with Gasteiger partial charge in [-0.1, -0.05) is 23.7 Å². The fourth-order valence-corrected chi connectivity index (χ4v) is 2.06. The molecular formula is C13H13ClN2O2. The minimum atomic E-state index is -0.964. The number of rotatable bonds is 3. The maximum absolute atomic E-state index is 10.9. The van der Waals surface area contributed by atoms with Crippen LogP contribution < -0.4 is 0 Å². The molecule has 0 saturated carbocycles. The maximum Gasteiger partial charge on any atom is 0.339 e. The van der Waals surface area contributed by atoms with Gasteiger partial charge in [0.1, 0.15) is 5.56 Å². The first kappa shape index (κ1) is 12.6. The van der Waals surface area contributed by atoms with Crippen molar-refractivity contribution in [3.8, 4) is 0 Å². The molecule has 0 spiro atoms. The molecule has 0 aliphatic heterocycles. The highest BCUT2D eigenvalue weighted by Crippen LogP contribution is 2.19. The van der Waals surface area contributed by atoms with E-state index in [1.165, 1.54) is 6.20 Å². The summed E-state index contributed by atoms with van der Waals surface area (Å²) in [5.41, 5.74) is 2.73. The number of halogens is 1. The number of hydrogen-bond acceptors (Lipinski definition) is 2. The molecule has 5 heteroatoms. The van der Waals surface area contributed by atoms with Gasteiger partial charge in [-0.3, -0.25) is 4.68 Å². The lowest BCUT2D eigenvalue weighted by molar-refractivity contribution is 0.0696. The number of aromatic carboxylic acids is 1. The Kier molecular flexibility index (Phi) is 3.39. The number of carboxylic acids is 1. The summed E-state index contributed by atoms with van der Waals surface area (Å²) in [6.07, 6.45) is 1.52. The number of nitrogens with zero attached hydrogens (tertiary/aromatic N) is 2. The predicted octanol–water partition coefficient (Wildman–Crippen LogP) is 2.90. The van der Waals surface area contributed by atoms with E-state index in [2.05, 4.69) is 5.10 Å². The van der Waals surface area contributed by atoms with Crippen molar-refractivity contribution < 1.29 is 9.90 Å². The lowest BCUT2D eigenvalue weighted by Gasteiger charge is -2.05. The number of aromatic nitrogens is 2. The van der Waals surface area contributed by atoms with Gasteiger partial charge in [0.15, 0.2) is 0 Å². The van der Waals surface area contributed by atoms with Crippen LogP contribution in [0, 0.1) is 13.8 Å². The molecule has 1 N–H and O–H groups in total. The second kappa shape index (κ2) is 4.82. The van der Waals surface area contributed by atoms with Crippen LogP contribution >= 0.6 is 11.6 Å². The third-order valence-corrected chi connectivity index (χ3v) is 3.07. The van der Waals surface area contributed by atoms with Crippen molar-refractivity contribution in [2.45, 2.75) is 20.4 Å². The van der Waals surface area contributed by atoms with E-state index in [0.29, 0.717) is 17.3 Å². The molecule has 0 amide bonds. The van der Waals surface area contributed by atoms with Gasteiger partial charge in [-0.15, -0.1) is 0 Å². The number of hydrogen-bond donors (Lipinski definition) is 1. The van der Waals surface area contributed by atoms with E-state index in [0.717, 1.165) is 11.1 Å². The molecule has 0 saturated heterocycles. The summed E-state index contributed by atoms with van der Waals surface area (Å²) in [5.74, 6) is -0.964. The van der Waals surface area contributed by atoms with Crippen molar-refractivity contribution in [2.75, 3.05) is 0 Å². The third kappa shape index (κ3) is 2.54. The van der Waals surface area contributed by atoms with Crippen LogP contribution in [0.15, 0.2) is 24.4 Å². The van der Waals surface area contributed by atoms with Crippen molar-refractivity contribution in [1.29, 1.82) is 0 Å². The molecule has 0 aliphatic carbocycles. The zero-order valence-corrected chi connectivity index (χ0v) is 10.9. The first-order valence-corrected chi connectivity index (χ1v) is 5.87. The van der Waals surface area contributed by atoms with Crippen molar-refractivity contribution in [3.05, 3.63) is 51.8 Å². The Morgan fingerprint density at radius 1 is 1.44 bits per heavy atom. The summed E-state index contributed by atoms with van der Waals surface area (Å²) in [4.78, 5) is 10.9. The predicted molar refractivity (Wildman–Crippen MR) is 69.2 cm³/mol. The maximum atomic E-state index is 10.9. The van der Waals surface area contributed by atoms with Crippen molar-refractivity contribution in [1.82, 2.24) is 9.78 Å². The molecule has 1 aromatic carbocycles. The quantitative estimate of drug-likeness (QED) is 0.927. The Morgan fingerprint density at radius 3 is 2.72 bits per heavy atom. The molecule has 1 aromatic heterocycles. The van der Waals surface area contributed by atoms with Gasteiger partial charge in [-0.05, 0) is 31.0 Å². The van der Waals surface area contributed by atoms with Crippen molar-refractivity contribution >= 4 is 17.6 Å². The SMILES string of the molecule is Cc1ccc(Cn2cc(C(=O)O)c(C)n2)c(Cl)c1. The highest BCUT2D eigenvalue weighted by molar-refractivity contribution is 6.31. The third-order valence-electron chi connectivity index (χ3n) is 2.72. The normalized spacial score (nSPS) is 10.6. The van der Waals surface area contributed by atoms with E-state index in [4.69, 9.17) is 16.7 Å². The average Bonchev–Trinajstić information content (AvgIpc) is 2.64. The lowest BCUT2D eigenvalue weighted by atomic mass is 10.1. The topological polar surface area (TPSA) is 55.1 Å². The van der Waals surface area contributed by atoms with Gasteiger partial charge in [0.05, 0.1) is 12.2 Å².